The number of carboxylic acid groups (broad SMARTS) is 1. The van der Waals surface area contributed by atoms with E-state index >= 15 is 0 Å². The van der Waals surface area contributed by atoms with Crippen molar-refractivity contribution in [2.75, 3.05) is 6.54 Å². The summed E-state index contributed by atoms with van der Waals surface area (Å²) in [5, 5.41) is 28.0. The predicted molar refractivity (Wildman–Crippen MR) is 73.9 cm³/mol. The number of hydrogen-bond donors (Lipinski definition) is 3. The summed E-state index contributed by atoms with van der Waals surface area (Å²) in [5.74, 6) is -1.87. The van der Waals surface area contributed by atoms with E-state index in [1.54, 1.807) is 0 Å². The number of aliphatic carboxylic acids is 1. The lowest BCUT2D eigenvalue weighted by atomic mass is 10.0. The van der Waals surface area contributed by atoms with E-state index in [-0.39, 0.29) is 35.1 Å². The Balaban J connectivity index is 2.19. The highest BCUT2D eigenvalue weighted by Gasteiger charge is 2.36. The van der Waals surface area contributed by atoms with Crippen LogP contribution in [0.5, 0.6) is 11.5 Å². The lowest BCUT2D eigenvalue weighted by molar-refractivity contribution is -0.148. The van der Waals surface area contributed by atoms with Crippen LogP contribution in [0.1, 0.15) is 12.0 Å². The summed E-state index contributed by atoms with van der Waals surface area (Å²) in [5.41, 5.74) is 0.540. The molecule has 20 heavy (non-hydrogen) atoms. The Morgan fingerprint density at radius 2 is 2.10 bits per heavy atom. The molecule has 1 aromatic rings. The molecule has 6 nitrogen and oxygen atoms in total. The van der Waals surface area contributed by atoms with Crippen LogP contribution in [0, 0.1) is 0 Å². The minimum Gasteiger partial charge on any atom is -0.504 e. The molecule has 2 rings (SSSR count). The molecule has 1 aromatic carbocycles. The summed E-state index contributed by atoms with van der Waals surface area (Å²) in [6, 6.07) is 3.14. The minimum atomic E-state index is -1.09. The quantitative estimate of drug-likeness (QED) is 0.561. The van der Waals surface area contributed by atoms with Crippen LogP contribution in [0.15, 0.2) is 18.2 Å². The van der Waals surface area contributed by atoms with Gasteiger partial charge in [-0.15, -0.1) is 0 Å². The van der Waals surface area contributed by atoms with E-state index in [1.807, 2.05) is 0 Å². The fraction of sp³-hybridized carbons (Fsp3) is 0.385. The molecule has 0 aliphatic carbocycles. The van der Waals surface area contributed by atoms with Crippen molar-refractivity contribution in [2.45, 2.75) is 23.7 Å². The van der Waals surface area contributed by atoms with Gasteiger partial charge < -0.3 is 20.2 Å². The third-order valence-corrected chi connectivity index (χ3v) is 3.85. The first kappa shape index (κ1) is 14.6. The monoisotopic (exact) mass is 343 g/mol. The highest BCUT2D eigenvalue weighted by Crippen LogP contribution is 2.27. The van der Waals surface area contributed by atoms with Crippen molar-refractivity contribution in [2.24, 2.45) is 0 Å². The molecule has 1 saturated heterocycles. The molecule has 108 valence electrons. The van der Waals surface area contributed by atoms with Crippen LogP contribution in [0.4, 0.5) is 0 Å². The molecule has 1 aliphatic heterocycles. The third kappa shape index (κ3) is 3.04. The number of phenols is 2. The largest absolute Gasteiger partial charge is 0.504 e. The minimum absolute atomic E-state index is 0.0370. The number of carboxylic acids is 1. The summed E-state index contributed by atoms with van der Waals surface area (Å²) >= 11 is 3.31. The van der Waals surface area contributed by atoms with E-state index in [2.05, 4.69) is 15.9 Å². The van der Waals surface area contributed by atoms with Gasteiger partial charge in [0.2, 0.25) is 5.91 Å². The van der Waals surface area contributed by atoms with E-state index in [1.165, 1.54) is 23.1 Å². The fourth-order valence-corrected chi connectivity index (χ4v) is 2.83. The molecule has 1 heterocycles. The lowest BCUT2D eigenvalue weighted by Gasteiger charge is -2.24. The van der Waals surface area contributed by atoms with Crippen molar-refractivity contribution in [3.05, 3.63) is 23.8 Å². The number of hydrogen-bond acceptors (Lipinski definition) is 4. The molecule has 1 amide bonds. The van der Waals surface area contributed by atoms with Crippen molar-refractivity contribution >= 4 is 27.8 Å². The van der Waals surface area contributed by atoms with Crippen molar-refractivity contribution < 1.29 is 24.9 Å². The molecule has 3 N–H and O–H groups in total. The number of rotatable bonds is 4. The summed E-state index contributed by atoms with van der Waals surface area (Å²) in [7, 11) is 0. The first-order valence-corrected chi connectivity index (χ1v) is 6.97. The van der Waals surface area contributed by atoms with Gasteiger partial charge >= 0.3 is 5.97 Å². The van der Waals surface area contributed by atoms with Gasteiger partial charge in [0.15, 0.2) is 11.5 Å². The molecule has 1 aliphatic rings. The van der Waals surface area contributed by atoms with Gasteiger partial charge in [-0.3, -0.25) is 4.79 Å². The average molecular weight is 344 g/mol. The lowest BCUT2D eigenvalue weighted by Crippen LogP contribution is -2.43. The smallest absolute Gasteiger partial charge is 0.326 e. The van der Waals surface area contributed by atoms with Crippen molar-refractivity contribution in [1.82, 2.24) is 4.90 Å². The molecule has 1 fully saturated rings. The number of carbonyl (C=O) groups is 2. The summed E-state index contributed by atoms with van der Waals surface area (Å²) in [6.07, 6.45) is 0.360. The highest BCUT2D eigenvalue weighted by atomic mass is 79.9. The van der Waals surface area contributed by atoms with Gasteiger partial charge in [0, 0.05) is 24.2 Å². The summed E-state index contributed by atoms with van der Waals surface area (Å²) < 4.78 is 0. The Hall–Kier alpha value is -1.76. The standard InChI is InChI=1S/C13H14BrNO5/c14-8-5-12(18)15(6-8)9(13(19)20)3-7-1-2-10(16)11(17)4-7/h1-2,4,8-9,16-17H,3,5-6H2,(H,19,20)/t8?,9-/m0/s1. The van der Waals surface area contributed by atoms with Gasteiger partial charge in [-0.1, -0.05) is 22.0 Å². The summed E-state index contributed by atoms with van der Waals surface area (Å²) in [4.78, 5) is 24.4. The number of halogens is 1. The van der Waals surface area contributed by atoms with E-state index < -0.39 is 12.0 Å². The molecule has 0 spiro atoms. The van der Waals surface area contributed by atoms with Gasteiger partial charge in [-0.05, 0) is 17.7 Å². The second-order valence-electron chi connectivity index (χ2n) is 4.73. The SMILES string of the molecule is O=C(O)[C@H](Cc1ccc(O)c(O)c1)N1CC(Br)CC1=O. The Morgan fingerprint density at radius 1 is 1.40 bits per heavy atom. The van der Waals surface area contributed by atoms with Crippen molar-refractivity contribution in [3.8, 4) is 11.5 Å². The average Bonchev–Trinajstić information content (AvgIpc) is 2.69. The molecule has 0 aromatic heterocycles. The molecule has 2 atom stereocenters. The fourth-order valence-electron chi connectivity index (χ4n) is 2.24. The molecule has 0 saturated carbocycles. The molecule has 7 heteroatoms. The van der Waals surface area contributed by atoms with Crippen LogP contribution in [0.3, 0.4) is 0 Å². The van der Waals surface area contributed by atoms with E-state index in [9.17, 15) is 24.9 Å². The molecule has 0 radical (unpaired) electrons. The Labute approximate surface area is 123 Å². The van der Waals surface area contributed by atoms with Crippen LogP contribution >= 0.6 is 15.9 Å². The zero-order valence-electron chi connectivity index (χ0n) is 10.5. The number of alkyl halides is 1. The number of nitrogens with zero attached hydrogens (tertiary/aromatic N) is 1. The Kier molecular flexibility index (Phi) is 4.17. The normalized spacial score (nSPS) is 20.1. The predicted octanol–water partition coefficient (Wildman–Crippen LogP) is 1.09. The number of phenolic OH excluding ortho intramolecular Hbond substituents is 2. The highest BCUT2D eigenvalue weighted by molar-refractivity contribution is 9.09. The van der Waals surface area contributed by atoms with Crippen LogP contribution in [0.2, 0.25) is 0 Å². The van der Waals surface area contributed by atoms with Crippen molar-refractivity contribution in [3.63, 3.8) is 0 Å². The van der Waals surface area contributed by atoms with Gasteiger partial charge in [0.1, 0.15) is 6.04 Å². The zero-order valence-corrected chi connectivity index (χ0v) is 12.1. The summed E-state index contributed by atoms with van der Waals surface area (Å²) in [6.45, 7) is 0.347. The van der Waals surface area contributed by atoms with Gasteiger partial charge in [0.25, 0.3) is 0 Å². The first-order chi connectivity index (χ1) is 9.38. The zero-order chi connectivity index (χ0) is 14.9. The van der Waals surface area contributed by atoms with E-state index in [0.717, 1.165) is 0 Å². The maximum atomic E-state index is 11.8. The number of aromatic hydroxyl groups is 2. The topological polar surface area (TPSA) is 98.1 Å². The van der Waals surface area contributed by atoms with Crippen LogP contribution in [-0.4, -0.2) is 49.5 Å². The number of benzene rings is 1. The number of carbonyl (C=O) groups excluding carboxylic acids is 1. The van der Waals surface area contributed by atoms with Gasteiger partial charge in [-0.2, -0.15) is 0 Å². The second kappa shape index (κ2) is 5.70. The van der Waals surface area contributed by atoms with Crippen LogP contribution < -0.4 is 0 Å². The van der Waals surface area contributed by atoms with E-state index in [4.69, 9.17) is 0 Å². The Morgan fingerprint density at radius 3 is 2.60 bits per heavy atom. The maximum absolute atomic E-state index is 11.8. The van der Waals surface area contributed by atoms with E-state index in [0.29, 0.717) is 12.1 Å². The molecular formula is C13H14BrNO5. The van der Waals surface area contributed by atoms with Crippen LogP contribution in [-0.2, 0) is 16.0 Å². The first-order valence-electron chi connectivity index (χ1n) is 6.05. The number of amides is 1. The second-order valence-corrected chi connectivity index (χ2v) is 6.02. The molecule has 0 bridgehead atoms. The number of likely N-dealkylation sites (tertiary alicyclic amines) is 1. The van der Waals surface area contributed by atoms with Crippen LogP contribution in [0.25, 0.3) is 0 Å². The maximum Gasteiger partial charge on any atom is 0.326 e. The third-order valence-electron chi connectivity index (χ3n) is 3.24. The Bertz CT molecular complexity index is 548. The van der Waals surface area contributed by atoms with Gasteiger partial charge in [-0.25, -0.2) is 4.79 Å². The molecular weight excluding hydrogens is 330 g/mol. The van der Waals surface area contributed by atoms with Gasteiger partial charge in [0.05, 0.1) is 0 Å². The van der Waals surface area contributed by atoms with Crippen molar-refractivity contribution in [1.29, 1.82) is 0 Å². The molecule has 1 unspecified atom stereocenters.